The van der Waals surface area contributed by atoms with Gasteiger partial charge in [0.15, 0.2) is 4.90 Å². The normalized spacial score (nSPS) is 17.9. The number of carboxylic acids is 1. The van der Waals surface area contributed by atoms with Crippen LogP contribution >= 0.6 is 0 Å². The third-order valence-corrected chi connectivity index (χ3v) is 8.87. The number of aromatic nitrogens is 2. The van der Waals surface area contributed by atoms with E-state index in [9.17, 15) is 41.4 Å². The Morgan fingerprint density at radius 2 is 1.95 bits per heavy atom. The first-order valence-corrected chi connectivity index (χ1v) is 15.0. The maximum Gasteiger partial charge on any atom is 0.427 e. The number of carboxylic acid groups (broad SMARTS) is 1. The summed E-state index contributed by atoms with van der Waals surface area (Å²) in [5.41, 5.74) is -2.96. The molecule has 4 rings (SSSR count). The molecule has 13 nitrogen and oxygen atoms in total. The Morgan fingerprint density at radius 1 is 1.26 bits per heavy atom. The molecule has 1 aliphatic carbocycles. The number of halogens is 3. The maximum absolute atomic E-state index is 14.1. The number of nitrogens with one attached hydrogen (secondary N) is 1. The summed E-state index contributed by atoms with van der Waals surface area (Å²) >= 11 is 0. The van der Waals surface area contributed by atoms with Crippen molar-refractivity contribution in [3.8, 4) is 11.6 Å². The van der Waals surface area contributed by atoms with Gasteiger partial charge in [0.05, 0.1) is 24.8 Å². The summed E-state index contributed by atoms with van der Waals surface area (Å²) in [7, 11) is -4.49. The molecular weight excluding hydrogens is 601 g/mol. The number of nitrogens with zero attached hydrogens (tertiary/aromatic N) is 3. The van der Waals surface area contributed by atoms with Crippen molar-refractivity contribution >= 4 is 33.5 Å². The van der Waals surface area contributed by atoms with Crippen LogP contribution in [0.25, 0.3) is 0 Å². The van der Waals surface area contributed by atoms with Crippen molar-refractivity contribution in [3.63, 3.8) is 0 Å². The highest BCUT2D eigenvalue weighted by molar-refractivity contribution is 7.93. The van der Waals surface area contributed by atoms with Gasteiger partial charge >= 0.3 is 18.2 Å². The Labute approximate surface area is 245 Å². The van der Waals surface area contributed by atoms with Gasteiger partial charge in [0.2, 0.25) is 5.60 Å². The molecule has 2 aliphatic rings. The minimum atomic E-state index is -4.85. The third-order valence-electron chi connectivity index (χ3n) is 7.11. The molecule has 2 aromatic rings. The van der Waals surface area contributed by atoms with Gasteiger partial charge in [-0.15, -0.1) is 5.10 Å². The average Bonchev–Trinajstić information content (AvgIpc) is 3.66. The first kappa shape index (κ1) is 32.2. The molecule has 2 unspecified atom stereocenters. The van der Waals surface area contributed by atoms with Crippen LogP contribution in [0.3, 0.4) is 0 Å². The topological polar surface area (TPSA) is 170 Å². The molecule has 2 atom stereocenters. The van der Waals surface area contributed by atoms with Crippen molar-refractivity contribution in [1.29, 1.82) is 0 Å². The third kappa shape index (κ3) is 7.09. The number of ether oxygens (including phenoxy) is 3. The number of hydrogen-bond donors (Lipinski definition) is 3. The summed E-state index contributed by atoms with van der Waals surface area (Å²) in [5.74, 6) is -2.05. The van der Waals surface area contributed by atoms with Gasteiger partial charge in [0, 0.05) is 18.4 Å². The predicted octanol–water partition coefficient (Wildman–Crippen LogP) is 3.62. The zero-order chi connectivity index (χ0) is 31.7. The van der Waals surface area contributed by atoms with E-state index in [2.05, 4.69) is 15.2 Å². The van der Waals surface area contributed by atoms with Crippen LogP contribution in [0.2, 0.25) is 0 Å². The molecule has 1 amide bonds. The average molecular weight is 635 g/mol. The van der Waals surface area contributed by atoms with Crippen LogP contribution < -0.4 is 19.1 Å². The Kier molecular flexibility index (Phi) is 9.06. The molecule has 1 saturated carbocycles. The first-order chi connectivity index (χ1) is 20.1. The Balaban J connectivity index is 1.71. The number of aliphatic hydroxyl groups is 1. The molecule has 1 aromatic carbocycles. The molecule has 2 heterocycles. The van der Waals surface area contributed by atoms with Crippen LogP contribution in [0.5, 0.6) is 11.6 Å². The lowest BCUT2D eigenvalue weighted by Crippen LogP contribution is -2.45. The number of anilines is 2. The lowest BCUT2D eigenvalue weighted by Gasteiger charge is -2.36. The van der Waals surface area contributed by atoms with Crippen LogP contribution in [-0.4, -0.2) is 78.1 Å². The maximum atomic E-state index is 14.1. The Bertz CT molecular complexity index is 1460. The number of fused-ring (bicyclic) bond motifs is 1. The monoisotopic (exact) mass is 634 g/mol. The lowest BCUT2D eigenvalue weighted by molar-refractivity contribution is -0.242. The summed E-state index contributed by atoms with van der Waals surface area (Å²) in [6.45, 7) is 2.41. The standard InChI is InChI=1S/C26H33F3N4O9S/c1-4-32-14-21(22(31-32)40-10-9-34)43(38,39)33-13-17(12-18(23(35)36)15-5-6-15)41-20-8-7-16(11-19(20)33)30-24(37)42-25(2,3)26(27,28)29/h7-8,11,14-15,17-18,34H,4-6,9-10,12-13H2,1-3H3,(H,30,37)(H,35,36). The highest BCUT2D eigenvalue weighted by Gasteiger charge is 2.51. The number of aliphatic hydroxyl groups excluding tert-OH is 1. The van der Waals surface area contributed by atoms with E-state index in [0.29, 0.717) is 20.4 Å². The van der Waals surface area contributed by atoms with Crippen molar-refractivity contribution in [1.82, 2.24) is 9.78 Å². The Hall–Kier alpha value is -3.73. The van der Waals surface area contributed by atoms with Gasteiger partial charge in [-0.3, -0.25) is 19.1 Å². The smallest absolute Gasteiger partial charge is 0.427 e. The number of carbonyl (C=O) groups is 2. The number of carbonyl (C=O) groups excluding carboxylic acids is 1. The van der Waals surface area contributed by atoms with Crippen LogP contribution in [0.15, 0.2) is 29.3 Å². The quantitative estimate of drug-likeness (QED) is 0.313. The molecule has 0 spiro atoms. The van der Waals surface area contributed by atoms with Crippen molar-refractivity contribution in [2.75, 3.05) is 29.4 Å². The van der Waals surface area contributed by atoms with Crippen molar-refractivity contribution in [3.05, 3.63) is 24.4 Å². The van der Waals surface area contributed by atoms with E-state index in [-0.39, 0.29) is 53.4 Å². The molecule has 0 radical (unpaired) electrons. The van der Waals surface area contributed by atoms with Crippen molar-refractivity contribution in [2.45, 2.75) is 69.4 Å². The number of aliphatic carboxylic acids is 1. The second-order valence-corrected chi connectivity index (χ2v) is 12.6. The van der Waals surface area contributed by atoms with E-state index in [0.717, 1.165) is 17.1 Å². The van der Waals surface area contributed by atoms with E-state index in [1.165, 1.54) is 29.1 Å². The van der Waals surface area contributed by atoms with Crippen LogP contribution in [0, 0.1) is 11.8 Å². The molecule has 43 heavy (non-hydrogen) atoms. The fourth-order valence-electron chi connectivity index (χ4n) is 4.54. The van der Waals surface area contributed by atoms with Crippen LogP contribution in [0.4, 0.5) is 29.3 Å². The molecule has 3 N–H and O–H groups in total. The number of aryl methyl sites for hydroxylation is 1. The van der Waals surface area contributed by atoms with Gasteiger partial charge in [-0.25, -0.2) is 13.2 Å². The fraction of sp³-hybridized carbons (Fsp3) is 0.577. The zero-order valence-corrected chi connectivity index (χ0v) is 24.4. The highest BCUT2D eigenvalue weighted by Crippen LogP contribution is 2.44. The number of hydrogen-bond acceptors (Lipinski definition) is 9. The van der Waals surface area contributed by atoms with Crippen molar-refractivity contribution < 1.29 is 55.6 Å². The van der Waals surface area contributed by atoms with E-state index in [1.807, 2.05) is 0 Å². The van der Waals surface area contributed by atoms with Crippen LogP contribution in [0.1, 0.15) is 40.0 Å². The molecular formula is C26H33F3N4O9S. The first-order valence-electron chi connectivity index (χ1n) is 13.5. The van der Waals surface area contributed by atoms with Gasteiger partial charge in [-0.05, 0) is 64.2 Å². The SMILES string of the molecule is CCn1cc(S(=O)(=O)N2CC(CC(C(=O)O)C3CC3)Oc3ccc(NC(=O)OC(C)(C)C(F)(F)F)cc32)c(OCCO)n1. The molecule has 17 heteroatoms. The molecule has 1 fully saturated rings. The van der Waals surface area contributed by atoms with Crippen molar-refractivity contribution in [2.24, 2.45) is 11.8 Å². The molecule has 1 aliphatic heterocycles. The second kappa shape index (κ2) is 12.1. The lowest BCUT2D eigenvalue weighted by atomic mass is 9.95. The van der Waals surface area contributed by atoms with Gasteiger partial charge in [0.1, 0.15) is 18.5 Å². The largest absolute Gasteiger partial charge is 0.486 e. The van der Waals surface area contributed by atoms with E-state index in [1.54, 1.807) is 6.92 Å². The number of amides is 1. The summed E-state index contributed by atoms with van der Waals surface area (Å²) < 4.78 is 86.1. The minimum absolute atomic E-state index is 0.0202. The van der Waals surface area contributed by atoms with Gasteiger partial charge in [0.25, 0.3) is 15.9 Å². The van der Waals surface area contributed by atoms with E-state index >= 15 is 0 Å². The summed E-state index contributed by atoms with van der Waals surface area (Å²) in [4.78, 5) is 23.9. The predicted molar refractivity (Wildman–Crippen MR) is 145 cm³/mol. The number of sulfonamides is 1. The molecule has 0 saturated heterocycles. The second-order valence-electron chi connectivity index (χ2n) is 10.7. The highest BCUT2D eigenvalue weighted by atomic mass is 32.2. The summed E-state index contributed by atoms with van der Waals surface area (Å²) in [6.07, 6.45) is -4.41. The Morgan fingerprint density at radius 3 is 2.53 bits per heavy atom. The zero-order valence-electron chi connectivity index (χ0n) is 23.6. The summed E-state index contributed by atoms with van der Waals surface area (Å²) in [5, 5.41) is 25.3. The minimum Gasteiger partial charge on any atom is -0.486 e. The van der Waals surface area contributed by atoms with E-state index in [4.69, 9.17) is 9.47 Å². The summed E-state index contributed by atoms with van der Waals surface area (Å²) in [6, 6.07) is 3.80. The van der Waals surface area contributed by atoms with Gasteiger partial charge in [-0.1, -0.05) is 0 Å². The molecule has 238 valence electrons. The molecule has 0 bridgehead atoms. The number of rotatable bonds is 12. The number of benzene rings is 1. The van der Waals surface area contributed by atoms with Gasteiger partial charge in [-0.2, -0.15) is 13.2 Å². The fourth-order valence-corrected chi connectivity index (χ4v) is 6.11. The van der Waals surface area contributed by atoms with Gasteiger partial charge < -0.3 is 24.4 Å². The number of alkyl halides is 3. The molecule has 1 aromatic heterocycles. The van der Waals surface area contributed by atoms with E-state index < -0.39 is 52.5 Å². The van der Waals surface area contributed by atoms with Crippen LogP contribution in [-0.2, 0) is 26.1 Å².